The van der Waals surface area contributed by atoms with Crippen LogP contribution in [-0.2, 0) is 18.0 Å². The summed E-state index contributed by atoms with van der Waals surface area (Å²) in [5.41, 5.74) is 2.39. The first kappa shape index (κ1) is 25.6. The van der Waals surface area contributed by atoms with Crippen LogP contribution in [0, 0.1) is 5.41 Å². The smallest absolute Gasteiger partial charge is 0.418 e. The molecule has 0 saturated carbocycles. The number of rotatable bonds is 3. The molecule has 0 aliphatic carbocycles. The highest BCUT2D eigenvalue weighted by Crippen LogP contribution is 2.42. The van der Waals surface area contributed by atoms with Gasteiger partial charge in [-0.25, -0.2) is 0 Å². The molecule has 0 bridgehead atoms. The first-order valence-electron chi connectivity index (χ1n) is 15.0. The van der Waals surface area contributed by atoms with E-state index in [0.29, 0.717) is 28.0 Å². The Balaban J connectivity index is 1.52. The summed E-state index contributed by atoms with van der Waals surface area (Å²) in [5.74, 6) is 0. The molecule has 0 N–H and O–H groups in total. The summed E-state index contributed by atoms with van der Waals surface area (Å²) >= 11 is 0. The molecule has 0 saturated heterocycles. The van der Waals surface area contributed by atoms with Crippen LogP contribution in [0.15, 0.2) is 89.5 Å². The zero-order valence-corrected chi connectivity index (χ0v) is 24.6. The highest BCUT2D eigenvalue weighted by atomic mass is 19.4. The lowest BCUT2D eigenvalue weighted by molar-refractivity contribution is -0.137. The summed E-state index contributed by atoms with van der Waals surface area (Å²) in [4.78, 5) is 4.30. The number of halogens is 3. The normalized spacial score (nSPS) is 14.0. The maximum atomic E-state index is 14.3. The van der Waals surface area contributed by atoms with Crippen molar-refractivity contribution in [3.63, 3.8) is 0 Å². The number of aromatic nitrogens is 1. The number of benzene rings is 4. The number of alkyl halides is 3. The van der Waals surface area contributed by atoms with Gasteiger partial charge in [-0.15, -0.1) is 0 Å². The minimum atomic E-state index is -4.61. The average Bonchev–Trinajstić information content (AvgIpc) is 3.31. The van der Waals surface area contributed by atoms with Gasteiger partial charge in [-0.2, -0.15) is 13.2 Å². The van der Waals surface area contributed by atoms with Gasteiger partial charge in [0.15, 0.2) is 0 Å². The van der Waals surface area contributed by atoms with Gasteiger partial charge in [0.25, 0.3) is 0 Å². The topological polar surface area (TPSA) is 26.0 Å². The van der Waals surface area contributed by atoms with Crippen molar-refractivity contribution in [3.05, 3.63) is 102 Å². The molecule has 0 aliphatic heterocycles. The highest BCUT2D eigenvalue weighted by Gasteiger charge is 2.35. The number of nitrogens with zero attached hydrogens (tertiary/aromatic N) is 1. The van der Waals surface area contributed by atoms with Crippen molar-refractivity contribution in [3.8, 4) is 22.4 Å². The molecule has 2 nitrogen and oxygen atoms in total. The van der Waals surface area contributed by atoms with Crippen molar-refractivity contribution < 1.29 is 20.3 Å². The molecule has 0 radical (unpaired) electrons. The molecule has 5 heteroatoms. The van der Waals surface area contributed by atoms with Gasteiger partial charge in [0.05, 0.1) is 11.3 Å². The predicted octanol–water partition coefficient (Wildman–Crippen LogP) is 11.4. The first-order chi connectivity index (χ1) is 20.4. The minimum Gasteiger partial charge on any atom is -0.456 e. The van der Waals surface area contributed by atoms with E-state index in [1.165, 1.54) is 6.07 Å². The lowest BCUT2D eigenvalue weighted by atomic mass is 9.82. The van der Waals surface area contributed by atoms with Gasteiger partial charge in [0.1, 0.15) is 11.2 Å². The maximum absolute atomic E-state index is 14.3. The predicted molar refractivity (Wildman–Crippen MR) is 167 cm³/mol. The second-order valence-corrected chi connectivity index (χ2v) is 13.0. The second kappa shape index (κ2) is 9.72. The van der Waals surface area contributed by atoms with E-state index >= 15 is 0 Å². The van der Waals surface area contributed by atoms with Gasteiger partial charge in [-0.1, -0.05) is 84.0 Å². The van der Waals surface area contributed by atoms with E-state index in [9.17, 15) is 13.2 Å². The Morgan fingerprint density at radius 3 is 2.10 bits per heavy atom. The minimum absolute atomic E-state index is 0.0140. The zero-order chi connectivity index (χ0) is 31.8. The van der Waals surface area contributed by atoms with Crippen LogP contribution in [0.2, 0.25) is 0 Å². The second-order valence-electron chi connectivity index (χ2n) is 13.0. The van der Waals surface area contributed by atoms with Crippen molar-refractivity contribution >= 4 is 32.7 Å². The fraction of sp³-hybridized carbons (Fsp3) is 0.270. The van der Waals surface area contributed by atoms with Gasteiger partial charge in [-0.3, -0.25) is 4.98 Å². The lowest BCUT2D eigenvalue weighted by Crippen LogP contribution is -2.12. The maximum Gasteiger partial charge on any atom is 0.418 e. The quantitative estimate of drug-likeness (QED) is 0.213. The summed E-state index contributed by atoms with van der Waals surface area (Å²) in [7, 11) is 0. The van der Waals surface area contributed by atoms with Crippen LogP contribution in [0.25, 0.3) is 55.1 Å². The van der Waals surface area contributed by atoms with E-state index in [4.69, 9.17) is 7.16 Å². The third-order valence-electron chi connectivity index (χ3n) is 7.48. The van der Waals surface area contributed by atoms with Crippen molar-refractivity contribution in [2.24, 2.45) is 5.41 Å². The molecular formula is C37H34F3NO. The van der Waals surface area contributed by atoms with Crippen molar-refractivity contribution in [2.45, 2.75) is 59.5 Å². The molecule has 0 unspecified atom stereocenters. The Bertz CT molecular complexity index is 2060. The Labute approximate surface area is 247 Å². The van der Waals surface area contributed by atoms with E-state index in [1.54, 1.807) is 30.3 Å². The van der Waals surface area contributed by atoms with Crippen molar-refractivity contribution in [2.75, 3.05) is 0 Å². The van der Waals surface area contributed by atoms with E-state index in [1.807, 2.05) is 57.2 Å². The lowest BCUT2D eigenvalue weighted by Gasteiger charge is -2.23. The largest absolute Gasteiger partial charge is 0.456 e. The molecule has 2 heterocycles. The third kappa shape index (κ3) is 5.29. The number of furan rings is 1. The molecule has 4 aromatic carbocycles. The van der Waals surface area contributed by atoms with Gasteiger partial charge < -0.3 is 4.42 Å². The van der Waals surface area contributed by atoms with Gasteiger partial charge in [0, 0.05) is 25.3 Å². The van der Waals surface area contributed by atoms with E-state index in [2.05, 4.69) is 31.8 Å². The summed E-state index contributed by atoms with van der Waals surface area (Å²) < 4.78 is 66.4. The molecule has 2 aromatic heterocycles. The summed E-state index contributed by atoms with van der Waals surface area (Å²) in [6.45, 7) is 11.9. The molecule has 214 valence electrons. The Morgan fingerprint density at radius 1 is 0.714 bits per heavy atom. The van der Waals surface area contributed by atoms with Crippen molar-refractivity contribution in [1.29, 1.82) is 0 Å². The highest BCUT2D eigenvalue weighted by molar-refractivity contribution is 6.06. The first-order valence-corrected chi connectivity index (χ1v) is 14.0. The summed E-state index contributed by atoms with van der Waals surface area (Å²) in [6, 6.07) is 23.9. The van der Waals surface area contributed by atoms with E-state index in [-0.39, 0.29) is 11.0 Å². The fourth-order valence-corrected chi connectivity index (χ4v) is 5.61. The monoisotopic (exact) mass is 567 g/mol. The standard InChI is InChI=1S/C37H34F3NO/c1-35(2,3)20-22-11-13-27-28-14-12-24(18-34(28)42-33(27)15-22)29-19-32(41-21-31(29)37(38,39)40)25-16-23-9-7-8-10-26(23)30(17-25)36(4,5)6/h7-19,21H,20H2,1-6H3/i20D2. The van der Waals surface area contributed by atoms with Crippen LogP contribution in [0.3, 0.4) is 0 Å². The SMILES string of the molecule is [2H]C([2H])(c1ccc2c(c1)oc1cc(-c3cc(-c4cc(C(C)(C)C)c5ccccc5c4)ncc3C(F)(F)F)ccc12)C(C)(C)C. The molecule has 0 amide bonds. The molecule has 6 rings (SSSR count). The van der Waals surface area contributed by atoms with Crippen LogP contribution in [0.1, 0.15) is 61.0 Å². The van der Waals surface area contributed by atoms with E-state index in [0.717, 1.165) is 38.9 Å². The number of hydrogen-bond donors (Lipinski definition) is 0. The van der Waals surface area contributed by atoms with E-state index < -0.39 is 23.5 Å². The van der Waals surface area contributed by atoms with Crippen LogP contribution in [0.4, 0.5) is 13.2 Å². The number of pyridine rings is 1. The Hall–Kier alpha value is -4.12. The van der Waals surface area contributed by atoms with Crippen LogP contribution in [0.5, 0.6) is 0 Å². The molecule has 0 fully saturated rings. The summed E-state index contributed by atoms with van der Waals surface area (Å²) in [6.07, 6.45) is -5.31. The Morgan fingerprint density at radius 2 is 1.40 bits per heavy atom. The van der Waals surface area contributed by atoms with Crippen molar-refractivity contribution in [1.82, 2.24) is 4.98 Å². The summed E-state index contributed by atoms with van der Waals surface area (Å²) in [5, 5.41) is 3.62. The fourth-order valence-electron chi connectivity index (χ4n) is 5.61. The molecule has 6 aromatic rings. The molecule has 42 heavy (non-hydrogen) atoms. The molecule has 0 aliphatic rings. The zero-order valence-electron chi connectivity index (χ0n) is 26.6. The van der Waals surface area contributed by atoms with Crippen LogP contribution in [-0.4, -0.2) is 4.98 Å². The molecular weight excluding hydrogens is 531 g/mol. The molecule has 0 atom stereocenters. The average molecular weight is 568 g/mol. The molecule has 0 spiro atoms. The van der Waals surface area contributed by atoms with Gasteiger partial charge in [0.2, 0.25) is 0 Å². The van der Waals surface area contributed by atoms with Gasteiger partial charge in [-0.05, 0) is 86.6 Å². The third-order valence-corrected chi connectivity index (χ3v) is 7.48. The number of fused-ring (bicyclic) bond motifs is 4. The van der Waals surface area contributed by atoms with Crippen LogP contribution >= 0.6 is 0 Å². The van der Waals surface area contributed by atoms with Gasteiger partial charge >= 0.3 is 6.18 Å². The Kier molecular flexibility index (Phi) is 5.92. The van der Waals surface area contributed by atoms with Crippen LogP contribution < -0.4 is 0 Å². The number of hydrogen-bond acceptors (Lipinski definition) is 2.